The van der Waals surface area contributed by atoms with E-state index in [-0.39, 0.29) is 0 Å². The normalized spacial score (nSPS) is 19.4. The maximum absolute atomic E-state index is 10.3. The first-order chi connectivity index (χ1) is 5.70. The van der Waals surface area contributed by atoms with Crippen molar-refractivity contribution in [2.75, 3.05) is 26.2 Å². The molecule has 0 aliphatic carbocycles. The summed E-state index contributed by atoms with van der Waals surface area (Å²) < 4.78 is 0. The van der Waals surface area contributed by atoms with E-state index in [0.29, 0.717) is 0 Å². The van der Waals surface area contributed by atoms with Gasteiger partial charge in [-0.25, -0.2) is 4.79 Å². The number of allylic oxidation sites excluding steroid dienone is 1. The lowest BCUT2D eigenvalue weighted by molar-refractivity contribution is -0.131. The summed E-state index contributed by atoms with van der Waals surface area (Å²) in [6.07, 6.45) is 1.26. The fourth-order valence-corrected chi connectivity index (χ4v) is 1.29. The monoisotopic (exact) mass is 170 g/mol. The SMILES string of the molecule is C/C(=C/C(=O)O)N1CCNCC1. The van der Waals surface area contributed by atoms with Gasteiger partial charge in [0, 0.05) is 38.0 Å². The first-order valence-electron chi connectivity index (χ1n) is 4.07. The van der Waals surface area contributed by atoms with Crippen LogP contribution in [0.4, 0.5) is 0 Å². The molecule has 2 N–H and O–H groups in total. The van der Waals surface area contributed by atoms with Crippen molar-refractivity contribution in [1.29, 1.82) is 0 Å². The lowest BCUT2D eigenvalue weighted by Crippen LogP contribution is -2.42. The minimum absolute atomic E-state index is 0.837. The van der Waals surface area contributed by atoms with Gasteiger partial charge in [-0.2, -0.15) is 0 Å². The number of hydrogen-bond acceptors (Lipinski definition) is 3. The summed E-state index contributed by atoms with van der Waals surface area (Å²) in [7, 11) is 0. The number of nitrogens with one attached hydrogen (secondary N) is 1. The Balaban J connectivity index is 2.49. The highest BCUT2D eigenvalue weighted by molar-refractivity contribution is 5.80. The van der Waals surface area contributed by atoms with Crippen LogP contribution in [-0.4, -0.2) is 42.2 Å². The van der Waals surface area contributed by atoms with Crippen molar-refractivity contribution in [3.8, 4) is 0 Å². The number of carbonyl (C=O) groups is 1. The summed E-state index contributed by atoms with van der Waals surface area (Å²) in [5, 5.41) is 11.7. The van der Waals surface area contributed by atoms with E-state index in [1.807, 2.05) is 6.92 Å². The Morgan fingerprint density at radius 3 is 2.58 bits per heavy atom. The van der Waals surface area contributed by atoms with Gasteiger partial charge in [0.25, 0.3) is 0 Å². The Morgan fingerprint density at radius 2 is 2.08 bits per heavy atom. The van der Waals surface area contributed by atoms with Gasteiger partial charge in [0.1, 0.15) is 0 Å². The fraction of sp³-hybridized carbons (Fsp3) is 0.625. The van der Waals surface area contributed by atoms with Crippen LogP contribution in [-0.2, 0) is 4.79 Å². The van der Waals surface area contributed by atoms with Gasteiger partial charge in [-0.05, 0) is 6.92 Å². The van der Waals surface area contributed by atoms with E-state index in [2.05, 4.69) is 10.2 Å². The number of rotatable bonds is 2. The molecule has 12 heavy (non-hydrogen) atoms. The second kappa shape index (κ2) is 4.11. The van der Waals surface area contributed by atoms with Crippen LogP contribution in [0.2, 0.25) is 0 Å². The van der Waals surface area contributed by atoms with Gasteiger partial charge in [-0.15, -0.1) is 0 Å². The fourth-order valence-electron chi connectivity index (χ4n) is 1.29. The number of piperazine rings is 1. The molecule has 0 saturated carbocycles. The average molecular weight is 170 g/mol. The van der Waals surface area contributed by atoms with Gasteiger partial charge in [-0.1, -0.05) is 0 Å². The minimum Gasteiger partial charge on any atom is -0.478 e. The second-order valence-electron chi connectivity index (χ2n) is 2.86. The predicted molar refractivity (Wildman–Crippen MR) is 45.8 cm³/mol. The number of hydrogen-bond donors (Lipinski definition) is 2. The Kier molecular flexibility index (Phi) is 3.10. The van der Waals surface area contributed by atoms with Gasteiger partial charge in [-0.3, -0.25) is 0 Å². The van der Waals surface area contributed by atoms with E-state index >= 15 is 0 Å². The van der Waals surface area contributed by atoms with E-state index in [9.17, 15) is 4.79 Å². The highest BCUT2D eigenvalue weighted by atomic mass is 16.4. The van der Waals surface area contributed by atoms with Crippen LogP contribution in [0.15, 0.2) is 11.8 Å². The third-order valence-corrected chi connectivity index (χ3v) is 1.95. The molecule has 4 nitrogen and oxygen atoms in total. The zero-order chi connectivity index (χ0) is 8.97. The number of aliphatic carboxylic acids is 1. The summed E-state index contributed by atoms with van der Waals surface area (Å²) in [6, 6.07) is 0. The molecule has 1 aliphatic rings. The summed E-state index contributed by atoms with van der Waals surface area (Å²) in [6.45, 7) is 5.50. The molecule has 1 rings (SSSR count). The molecule has 4 heteroatoms. The molecule has 0 bridgehead atoms. The summed E-state index contributed by atoms with van der Waals surface area (Å²) in [5.41, 5.74) is 0.837. The number of nitrogens with zero attached hydrogens (tertiary/aromatic N) is 1. The number of carboxylic acid groups (broad SMARTS) is 1. The van der Waals surface area contributed by atoms with Crippen LogP contribution >= 0.6 is 0 Å². The first kappa shape index (κ1) is 9.06. The number of carboxylic acids is 1. The van der Waals surface area contributed by atoms with Gasteiger partial charge in [0.15, 0.2) is 0 Å². The van der Waals surface area contributed by atoms with Crippen molar-refractivity contribution in [3.05, 3.63) is 11.8 Å². The second-order valence-corrected chi connectivity index (χ2v) is 2.86. The summed E-state index contributed by atoms with van der Waals surface area (Å²) in [5.74, 6) is -0.869. The average Bonchev–Trinajstić information content (AvgIpc) is 2.05. The van der Waals surface area contributed by atoms with Crippen molar-refractivity contribution in [2.45, 2.75) is 6.92 Å². The molecule has 0 aromatic heterocycles. The maximum Gasteiger partial charge on any atom is 0.330 e. The predicted octanol–water partition coefficient (Wildman–Crippen LogP) is -0.120. The molecule has 0 unspecified atom stereocenters. The molecular weight excluding hydrogens is 156 g/mol. The molecule has 1 saturated heterocycles. The smallest absolute Gasteiger partial charge is 0.330 e. The van der Waals surface area contributed by atoms with Crippen molar-refractivity contribution < 1.29 is 9.90 Å². The van der Waals surface area contributed by atoms with Gasteiger partial charge in [0.2, 0.25) is 0 Å². The maximum atomic E-state index is 10.3. The van der Waals surface area contributed by atoms with Crippen molar-refractivity contribution >= 4 is 5.97 Å². The van der Waals surface area contributed by atoms with Crippen LogP contribution in [0.3, 0.4) is 0 Å². The lowest BCUT2D eigenvalue weighted by atomic mass is 10.3. The van der Waals surface area contributed by atoms with Crippen molar-refractivity contribution in [1.82, 2.24) is 10.2 Å². The largest absolute Gasteiger partial charge is 0.478 e. The Morgan fingerprint density at radius 1 is 1.50 bits per heavy atom. The standard InChI is InChI=1S/C8H14N2O2/c1-7(6-8(11)12)10-4-2-9-3-5-10/h6,9H,2-5H2,1H3,(H,11,12)/b7-6-. The van der Waals surface area contributed by atoms with Gasteiger partial charge >= 0.3 is 5.97 Å². The zero-order valence-corrected chi connectivity index (χ0v) is 7.21. The molecule has 0 radical (unpaired) electrons. The van der Waals surface area contributed by atoms with Gasteiger partial charge < -0.3 is 15.3 Å². The Hall–Kier alpha value is -1.03. The third-order valence-electron chi connectivity index (χ3n) is 1.95. The van der Waals surface area contributed by atoms with Crippen LogP contribution in [0, 0.1) is 0 Å². The Labute approximate surface area is 71.9 Å². The highest BCUT2D eigenvalue weighted by Gasteiger charge is 2.09. The lowest BCUT2D eigenvalue weighted by Gasteiger charge is -2.29. The van der Waals surface area contributed by atoms with Gasteiger partial charge in [0.05, 0.1) is 0 Å². The third kappa shape index (κ3) is 2.54. The molecule has 68 valence electrons. The molecular formula is C8H14N2O2. The molecule has 0 atom stereocenters. The molecule has 1 heterocycles. The van der Waals surface area contributed by atoms with E-state index in [1.54, 1.807) is 0 Å². The Bertz CT molecular complexity index is 195. The quantitative estimate of drug-likeness (QED) is 0.567. The molecule has 0 aromatic carbocycles. The minimum atomic E-state index is -0.869. The zero-order valence-electron chi connectivity index (χ0n) is 7.21. The molecule has 1 aliphatic heterocycles. The molecule has 0 amide bonds. The van der Waals surface area contributed by atoms with E-state index in [4.69, 9.17) is 5.11 Å². The van der Waals surface area contributed by atoms with E-state index in [0.717, 1.165) is 31.9 Å². The summed E-state index contributed by atoms with van der Waals surface area (Å²) in [4.78, 5) is 12.4. The van der Waals surface area contributed by atoms with E-state index < -0.39 is 5.97 Å². The molecule has 0 aromatic rings. The van der Waals surface area contributed by atoms with Crippen LogP contribution in [0.25, 0.3) is 0 Å². The van der Waals surface area contributed by atoms with Crippen LogP contribution in [0.5, 0.6) is 0 Å². The molecule has 1 fully saturated rings. The molecule has 0 spiro atoms. The van der Waals surface area contributed by atoms with Crippen LogP contribution in [0.1, 0.15) is 6.92 Å². The summed E-state index contributed by atoms with van der Waals surface area (Å²) >= 11 is 0. The first-order valence-corrected chi connectivity index (χ1v) is 4.07. The topological polar surface area (TPSA) is 52.6 Å². The van der Waals surface area contributed by atoms with Crippen molar-refractivity contribution in [2.24, 2.45) is 0 Å². The van der Waals surface area contributed by atoms with Crippen LogP contribution < -0.4 is 5.32 Å². The van der Waals surface area contributed by atoms with E-state index in [1.165, 1.54) is 6.08 Å². The highest BCUT2D eigenvalue weighted by Crippen LogP contribution is 2.03. The van der Waals surface area contributed by atoms with Crippen molar-refractivity contribution in [3.63, 3.8) is 0 Å².